The van der Waals surface area contributed by atoms with Crippen LogP contribution in [-0.2, 0) is 30.0 Å². The van der Waals surface area contributed by atoms with Crippen molar-refractivity contribution in [2.75, 3.05) is 13.7 Å². The average molecular weight is 500 g/mol. The van der Waals surface area contributed by atoms with Crippen LogP contribution in [-0.4, -0.2) is 46.4 Å². The van der Waals surface area contributed by atoms with Gasteiger partial charge in [-0.25, -0.2) is 8.42 Å². The molecule has 4 aromatic rings. The number of methoxy groups -OCH3 is 1. The molecule has 0 bridgehead atoms. The molecular formula is C23H22ClN5O4S. The van der Waals surface area contributed by atoms with E-state index in [1.807, 2.05) is 38.2 Å². The Balaban J connectivity index is 1.51. The monoisotopic (exact) mass is 499 g/mol. The summed E-state index contributed by atoms with van der Waals surface area (Å²) in [5, 5.41) is 13.2. The highest BCUT2D eigenvalue weighted by molar-refractivity contribution is 7.89. The fourth-order valence-electron chi connectivity index (χ4n) is 4.07. The van der Waals surface area contributed by atoms with E-state index in [0.29, 0.717) is 29.6 Å². The van der Waals surface area contributed by atoms with E-state index in [9.17, 15) is 8.42 Å². The van der Waals surface area contributed by atoms with Crippen LogP contribution in [0.1, 0.15) is 16.8 Å². The molecule has 0 fully saturated rings. The molecule has 0 saturated carbocycles. The number of aryl methyl sites for hydroxylation is 2. The third-order valence-corrected chi connectivity index (χ3v) is 7.98. The number of sulfonamides is 1. The first-order valence-electron chi connectivity index (χ1n) is 10.6. The quantitative estimate of drug-likeness (QED) is 0.410. The molecule has 0 unspecified atom stereocenters. The maximum atomic E-state index is 13.5. The van der Waals surface area contributed by atoms with Gasteiger partial charge in [-0.1, -0.05) is 29.3 Å². The van der Waals surface area contributed by atoms with Gasteiger partial charge in [-0.05, 0) is 37.3 Å². The molecule has 5 rings (SSSR count). The van der Waals surface area contributed by atoms with Gasteiger partial charge in [0.2, 0.25) is 15.9 Å². The van der Waals surface area contributed by atoms with Gasteiger partial charge in [0.25, 0.3) is 5.89 Å². The number of fused-ring (bicyclic) bond motifs is 1. The summed E-state index contributed by atoms with van der Waals surface area (Å²) >= 11 is 6.09. The summed E-state index contributed by atoms with van der Waals surface area (Å²) in [6.45, 7) is 2.41. The molecule has 2 aromatic carbocycles. The van der Waals surface area contributed by atoms with Crippen LogP contribution >= 0.6 is 11.6 Å². The van der Waals surface area contributed by atoms with Crippen LogP contribution in [0.2, 0.25) is 5.02 Å². The van der Waals surface area contributed by atoms with Gasteiger partial charge in [0.15, 0.2) is 5.69 Å². The van der Waals surface area contributed by atoms with Crippen molar-refractivity contribution in [3.63, 3.8) is 0 Å². The number of hydrogen-bond donors (Lipinski definition) is 0. The van der Waals surface area contributed by atoms with Crippen molar-refractivity contribution in [1.82, 2.24) is 24.3 Å². The number of ether oxygens (including phenoxy) is 1. The van der Waals surface area contributed by atoms with Crippen LogP contribution in [0.25, 0.3) is 23.0 Å². The predicted octanol–water partition coefficient (Wildman–Crippen LogP) is 3.85. The predicted molar refractivity (Wildman–Crippen MR) is 126 cm³/mol. The number of rotatable bonds is 5. The smallest absolute Gasteiger partial charge is 0.268 e. The molecule has 9 nitrogen and oxygen atoms in total. The Labute approximate surface area is 202 Å². The normalized spacial score (nSPS) is 14.2. The van der Waals surface area contributed by atoms with E-state index < -0.39 is 10.0 Å². The third kappa shape index (κ3) is 3.87. The number of halogens is 1. The van der Waals surface area contributed by atoms with E-state index in [2.05, 4.69) is 15.3 Å². The van der Waals surface area contributed by atoms with Crippen LogP contribution in [0.3, 0.4) is 0 Å². The SMILES string of the molecule is COc1ccc(Cl)cc1S(=O)(=O)N1CCc2c(c(-c3nnc(-c4ccc(C)cc4)o3)nn2C)C1. The Morgan fingerprint density at radius 3 is 2.56 bits per heavy atom. The Hall–Kier alpha value is -3.21. The number of benzene rings is 2. The van der Waals surface area contributed by atoms with Gasteiger partial charge in [-0.3, -0.25) is 4.68 Å². The minimum absolute atomic E-state index is 0.0239. The molecule has 0 spiro atoms. The second-order valence-electron chi connectivity index (χ2n) is 8.06. The lowest BCUT2D eigenvalue weighted by atomic mass is 10.1. The van der Waals surface area contributed by atoms with E-state index in [1.54, 1.807) is 16.8 Å². The first-order chi connectivity index (χ1) is 16.3. The molecule has 0 N–H and O–H groups in total. The summed E-state index contributed by atoms with van der Waals surface area (Å²) in [5.41, 5.74) is 4.06. The molecule has 1 aliphatic heterocycles. The average Bonchev–Trinajstić information content (AvgIpc) is 3.44. The molecular weight excluding hydrogens is 478 g/mol. The summed E-state index contributed by atoms with van der Waals surface area (Å²) in [6.07, 6.45) is 0.486. The fraction of sp³-hybridized carbons (Fsp3) is 0.261. The van der Waals surface area contributed by atoms with Crippen LogP contribution < -0.4 is 4.74 Å². The molecule has 34 heavy (non-hydrogen) atoms. The first kappa shape index (κ1) is 22.6. The number of nitrogens with zero attached hydrogens (tertiary/aromatic N) is 5. The maximum Gasteiger partial charge on any atom is 0.268 e. The van der Waals surface area contributed by atoms with E-state index >= 15 is 0 Å². The molecule has 0 radical (unpaired) electrons. The van der Waals surface area contributed by atoms with Gasteiger partial charge < -0.3 is 9.15 Å². The van der Waals surface area contributed by atoms with Crippen molar-refractivity contribution in [1.29, 1.82) is 0 Å². The minimum Gasteiger partial charge on any atom is -0.495 e. The molecule has 3 heterocycles. The lowest BCUT2D eigenvalue weighted by Gasteiger charge is -2.27. The Kier molecular flexibility index (Phi) is 5.67. The molecule has 1 aliphatic rings. The van der Waals surface area contributed by atoms with Gasteiger partial charge in [0.1, 0.15) is 10.6 Å². The van der Waals surface area contributed by atoms with E-state index in [1.165, 1.54) is 17.5 Å². The van der Waals surface area contributed by atoms with Crippen LogP contribution in [0, 0.1) is 6.92 Å². The highest BCUT2D eigenvalue weighted by atomic mass is 35.5. The van der Waals surface area contributed by atoms with Gasteiger partial charge in [0, 0.05) is 48.4 Å². The second kappa shape index (κ2) is 8.53. The van der Waals surface area contributed by atoms with Gasteiger partial charge in [-0.2, -0.15) is 9.40 Å². The zero-order chi connectivity index (χ0) is 24.0. The van der Waals surface area contributed by atoms with Gasteiger partial charge >= 0.3 is 0 Å². The van der Waals surface area contributed by atoms with E-state index in [4.69, 9.17) is 20.8 Å². The van der Waals surface area contributed by atoms with E-state index in [-0.39, 0.29) is 23.1 Å². The summed E-state index contributed by atoms with van der Waals surface area (Å²) in [6, 6.07) is 12.3. The van der Waals surface area contributed by atoms with Crippen LogP contribution in [0.5, 0.6) is 5.75 Å². The largest absolute Gasteiger partial charge is 0.495 e. The third-order valence-electron chi connectivity index (χ3n) is 5.88. The first-order valence-corrected chi connectivity index (χ1v) is 12.4. The topological polar surface area (TPSA) is 103 Å². The standard InChI is InChI=1S/C23H22ClN5O4S/c1-14-4-6-15(7-5-14)22-25-26-23(33-22)21-17-13-29(11-10-18(17)28(2)27-21)34(30,31)20-12-16(24)8-9-19(20)32-3/h4-9,12H,10-11,13H2,1-3H3. The van der Waals surface area contributed by atoms with Crippen molar-refractivity contribution < 1.29 is 17.6 Å². The van der Waals surface area contributed by atoms with Crippen molar-refractivity contribution in [3.05, 3.63) is 64.3 Å². The molecule has 0 amide bonds. The van der Waals surface area contributed by atoms with Crippen LogP contribution in [0.15, 0.2) is 51.8 Å². The lowest BCUT2D eigenvalue weighted by molar-refractivity contribution is 0.374. The Bertz CT molecular complexity index is 1480. The fourth-order valence-corrected chi connectivity index (χ4v) is 5.89. The molecule has 176 valence electrons. The molecule has 2 aromatic heterocycles. The minimum atomic E-state index is -3.88. The van der Waals surface area contributed by atoms with Crippen molar-refractivity contribution in [3.8, 4) is 28.8 Å². The highest BCUT2D eigenvalue weighted by Crippen LogP contribution is 2.35. The van der Waals surface area contributed by atoms with E-state index in [0.717, 1.165) is 22.4 Å². The van der Waals surface area contributed by atoms with Crippen molar-refractivity contribution in [2.45, 2.75) is 24.8 Å². The summed E-state index contributed by atoms with van der Waals surface area (Å²) < 4.78 is 41.4. The van der Waals surface area contributed by atoms with Crippen molar-refractivity contribution in [2.24, 2.45) is 7.05 Å². The Morgan fingerprint density at radius 2 is 1.82 bits per heavy atom. The maximum absolute atomic E-state index is 13.5. The molecule has 11 heteroatoms. The van der Waals surface area contributed by atoms with Crippen molar-refractivity contribution >= 4 is 21.6 Å². The molecule has 0 saturated heterocycles. The Morgan fingerprint density at radius 1 is 1.09 bits per heavy atom. The van der Waals surface area contributed by atoms with Crippen LogP contribution in [0.4, 0.5) is 0 Å². The van der Waals surface area contributed by atoms with Gasteiger partial charge in [-0.15, -0.1) is 10.2 Å². The molecule has 0 atom stereocenters. The lowest BCUT2D eigenvalue weighted by Crippen LogP contribution is -2.36. The number of hydrogen-bond acceptors (Lipinski definition) is 7. The zero-order valence-electron chi connectivity index (χ0n) is 18.8. The highest BCUT2D eigenvalue weighted by Gasteiger charge is 2.35. The zero-order valence-corrected chi connectivity index (χ0v) is 20.4. The summed E-state index contributed by atoms with van der Waals surface area (Å²) in [5.74, 6) is 0.853. The second-order valence-corrected chi connectivity index (χ2v) is 10.4. The van der Waals surface area contributed by atoms with Gasteiger partial charge in [0.05, 0.1) is 7.11 Å². The number of aromatic nitrogens is 4. The summed E-state index contributed by atoms with van der Waals surface area (Å²) in [7, 11) is -0.631. The molecule has 0 aliphatic carbocycles. The summed E-state index contributed by atoms with van der Waals surface area (Å²) in [4.78, 5) is 0.0239.